The number of hydrogen-bond acceptors (Lipinski definition) is 0. The van der Waals surface area contributed by atoms with Crippen molar-refractivity contribution in [3.8, 4) is 0 Å². The summed E-state index contributed by atoms with van der Waals surface area (Å²) in [6, 6.07) is 0. The molecule has 1 fully saturated rings. The van der Waals surface area contributed by atoms with Crippen LogP contribution < -0.4 is 0 Å². The summed E-state index contributed by atoms with van der Waals surface area (Å²) in [6.07, 6.45) is 4.65. The van der Waals surface area contributed by atoms with Gasteiger partial charge in [0.05, 0.1) is 6.67 Å². The summed E-state index contributed by atoms with van der Waals surface area (Å²) in [5.74, 6) is 1.21. The molecular weight excluding hydrogens is 195 g/mol. The van der Waals surface area contributed by atoms with Gasteiger partial charge in [0, 0.05) is 5.33 Å². The molecule has 60 valence electrons. The molecular formula is C8H14BrF. The molecule has 1 rings (SSSR count). The number of alkyl halides is 2. The van der Waals surface area contributed by atoms with E-state index in [1.54, 1.807) is 0 Å². The van der Waals surface area contributed by atoms with Gasteiger partial charge in [-0.2, -0.15) is 0 Å². The first-order valence-corrected chi connectivity index (χ1v) is 5.11. The molecule has 0 nitrogen and oxygen atoms in total. The topological polar surface area (TPSA) is 0 Å². The van der Waals surface area contributed by atoms with E-state index in [9.17, 15) is 4.39 Å². The lowest BCUT2D eigenvalue weighted by Gasteiger charge is -2.24. The lowest BCUT2D eigenvalue weighted by atomic mass is 9.84. The van der Waals surface area contributed by atoms with Crippen molar-refractivity contribution < 1.29 is 4.39 Å². The van der Waals surface area contributed by atoms with Gasteiger partial charge < -0.3 is 0 Å². The average molecular weight is 209 g/mol. The van der Waals surface area contributed by atoms with E-state index in [1.165, 1.54) is 12.8 Å². The second-order valence-electron chi connectivity index (χ2n) is 3.20. The van der Waals surface area contributed by atoms with Gasteiger partial charge in [0.15, 0.2) is 0 Å². The van der Waals surface area contributed by atoms with E-state index < -0.39 is 0 Å². The molecule has 0 aromatic heterocycles. The molecule has 0 spiro atoms. The summed E-state index contributed by atoms with van der Waals surface area (Å²) in [5.41, 5.74) is 0. The Hall–Kier alpha value is 0.410. The first kappa shape index (κ1) is 8.51. The highest BCUT2D eigenvalue weighted by Gasteiger charge is 2.19. The van der Waals surface area contributed by atoms with Crippen LogP contribution >= 0.6 is 15.9 Å². The molecule has 0 unspecified atom stereocenters. The molecule has 0 bridgehead atoms. The van der Waals surface area contributed by atoms with E-state index in [0.717, 1.165) is 24.1 Å². The lowest BCUT2D eigenvalue weighted by molar-refractivity contribution is 0.244. The summed E-state index contributed by atoms with van der Waals surface area (Å²) in [5, 5.41) is 1.10. The van der Waals surface area contributed by atoms with Gasteiger partial charge in [0.25, 0.3) is 0 Å². The average Bonchev–Trinajstić information content (AvgIpc) is 2.05. The van der Waals surface area contributed by atoms with Crippen molar-refractivity contribution in [2.75, 3.05) is 12.0 Å². The highest BCUT2D eigenvalue weighted by Crippen LogP contribution is 2.29. The second kappa shape index (κ2) is 4.32. The van der Waals surface area contributed by atoms with Gasteiger partial charge in [-0.05, 0) is 37.5 Å². The normalized spacial score (nSPS) is 34.2. The third-order valence-corrected chi connectivity index (χ3v) is 3.32. The zero-order chi connectivity index (χ0) is 7.40. The summed E-state index contributed by atoms with van der Waals surface area (Å²) in [6.45, 7) is -0.102. The van der Waals surface area contributed by atoms with Gasteiger partial charge in [-0.3, -0.25) is 4.39 Å². The van der Waals surface area contributed by atoms with Crippen molar-refractivity contribution in [3.05, 3.63) is 0 Å². The summed E-state index contributed by atoms with van der Waals surface area (Å²) >= 11 is 3.46. The van der Waals surface area contributed by atoms with Gasteiger partial charge in [0.2, 0.25) is 0 Å². The van der Waals surface area contributed by atoms with Gasteiger partial charge in [-0.15, -0.1) is 0 Å². The number of hydrogen-bond donors (Lipinski definition) is 0. The van der Waals surface area contributed by atoms with Crippen LogP contribution in [0, 0.1) is 11.8 Å². The van der Waals surface area contributed by atoms with Crippen LogP contribution in [-0.4, -0.2) is 12.0 Å². The molecule has 0 N–H and O–H groups in total. The van der Waals surface area contributed by atoms with Gasteiger partial charge in [-0.1, -0.05) is 15.9 Å². The molecule has 1 aliphatic rings. The van der Waals surface area contributed by atoms with Crippen molar-refractivity contribution in [2.24, 2.45) is 11.8 Å². The molecule has 0 aliphatic heterocycles. The van der Waals surface area contributed by atoms with Crippen molar-refractivity contribution in [3.63, 3.8) is 0 Å². The van der Waals surface area contributed by atoms with Crippen LogP contribution in [0.3, 0.4) is 0 Å². The fourth-order valence-corrected chi connectivity index (χ4v) is 2.19. The van der Waals surface area contributed by atoms with Gasteiger partial charge in [0.1, 0.15) is 0 Å². The maximum atomic E-state index is 12.1. The third kappa shape index (κ3) is 2.22. The Morgan fingerprint density at radius 2 is 1.60 bits per heavy atom. The van der Waals surface area contributed by atoms with Crippen molar-refractivity contribution in [2.45, 2.75) is 25.7 Å². The Morgan fingerprint density at radius 1 is 1.10 bits per heavy atom. The Kier molecular flexibility index (Phi) is 3.68. The summed E-state index contributed by atoms with van der Waals surface area (Å²) in [7, 11) is 0. The zero-order valence-corrected chi connectivity index (χ0v) is 7.74. The highest BCUT2D eigenvalue weighted by molar-refractivity contribution is 9.09. The lowest BCUT2D eigenvalue weighted by Crippen LogP contribution is -2.16. The Labute approximate surface area is 70.3 Å². The van der Waals surface area contributed by atoms with Gasteiger partial charge >= 0.3 is 0 Å². The van der Waals surface area contributed by atoms with E-state index in [1.807, 2.05) is 0 Å². The maximum absolute atomic E-state index is 12.1. The molecule has 0 radical (unpaired) electrons. The molecule has 0 aromatic carbocycles. The SMILES string of the molecule is FCC1CCC(CBr)CC1. The first-order valence-electron chi connectivity index (χ1n) is 3.98. The standard InChI is InChI=1S/C8H14BrF/c9-5-7-1-3-8(6-10)4-2-7/h7-8H,1-6H2. The Morgan fingerprint density at radius 3 is 2.00 bits per heavy atom. The van der Waals surface area contributed by atoms with Crippen LogP contribution in [0.15, 0.2) is 0 Å². The minimum Gasteiger partial charge on any atom is -0.251 e. The van der Waals surface area contributed by atoms with Crippen molar-refractivity contribution >= 4 is 15.9 Å². The van der Waals surface area contributed by atoms with Crippen molar-refractivity contribution in [1.82, 2.24) is 0 Å². The third-order valence-electron chi connectivity index (χ3n) is 2.40. The van der Waals surface area contributed by atoms with E-state index in [0.29, 0.717) is 5.92 Å². The van der Waals surface area contributed by atoms with Crippen LogP contribution in [-0.2, 0) is 0 Å². The Bertz CT molecular complexity index is 75.3. The van der Waals surface area contributed by atoms with Crippen molar-refractivity contribution in [1.29, 1.82) is 0 Å². The molecule has 2 heteroatoms. The zero-order valence-electron chi connectivity index (χ0n) is 6.15. The fraction of sp³-hybridized carbons (Fsp3) is 1.00. The van der Waals surface area contributed by atoms with E-state index in [2.05, 4.69) is 15.9 Å². The smallest absolute Gasteiger partial charge is 0.0922 e. The molecule has 10 heavy (non-hydrogen) atoms. The van der Waals surface area contributed by atoms with Crippen LogP contribution in [0.4, 0.5) is 4.39 Å². The molecule has 0 amide bonds. The molecule has 0 atom stereocenters. The predicted octanol–water partition coefficient (Wildman–Crippen LogP) is 3.16. The predicted molar refractivity (Wildman–Crippen MR) is 45.2 cm³/mol. The molecule has 0 saturated heterocycles. The van der Waals surface area contributed by atoms with Crippen LogP contribution in [0.1, 0.15) is 25.7 Å². The van der Waals surface area contributed by atoms with Gasteiger partial charge in [-0.25, -0.2) is 0 Å². The van der Waals surface area contributed by atoms with Crippen LogP contribution in [0.5, 0.6) is 0 Å². The fourth-order valence-electron chi connectivity index (χ4n) is 1.54. The molecule has 1 aliphatic carbocycles. The Balaban J connectivity index is 2.17. The van der Waals surface area contributed by atoms with Crippen LogP contribution in [0.2, 0.25) is 0 Å². The number of halogens is 2. The summed E-state index contributed by atoms with van der Waals surface area (Å²) in [4.78, 5) is 0. The molecule has 0 heterocycles. The minimum atomic E-state index is -0.102. The molecule has 0 aromatic rings. The maximum Gasteiger partial charge on any atom is 0.0922 e. The monoisotopic (exact) mass is 208 g/mol. The summed E-state index contributed by atoms with van der Waals surface area (Å²) < 4.78 is 12.1. The van der Waals surface area contributed by atoms with E-state index >= 15 is 0 Å². The van der Waals surface area contributed by atoms with E-state index in [-0.39, 0.29) is 6.67 Å². The largest absolute Gasteiger partial charge is 0.251 e. The second-order valence-corrected chi connectivity index (χ2v) is 3.84. The first-order chi connectivity index (χ1) is 4.86. The quantitative estimate of drug-likeness (QED) is 0.613. The minimum absolute atomic E-state index is 0.102. The highest BCUT2D eigenvalue weighted by atomic mass is 79.9. The number of rotatable bonds is 2. The molecule has 1 saturated carbocycles. The van der Waals surface area contributed by atoms with Crippen LogP contribution in [0.25, 0.3) is 0 Å². The van der Waals surface area contributed by atoms with E-state index in [4.69, 9.17) is 0 Å².